The number of nitrogens with one attached hydrogen (secondary N) is 2. The number of rotatable bonds is 9. The molecule has 1 aliphatic heterocycles. The third-order valence-corrected chi connectivity index (χ3v) is 8.98. The Labute approximate surface area is 204 Å². The third kappa shape index (κ3) is 4.98. The van der Waals surface area contributed by atoms with E-state index in [1.54, 1.807) is 7.11 Å². The fourth-order valence-electron chi connectivity index (χ4n) is 7.77. The number of likely N-dealkylation sites (tertiary alicyclic amines) is 1. The van der Waals surface area contributed by atoms with Gasteiger partial charge >= 0.3 is 0 Å². The average Bonchev–Trinajstić information content (AvgIpc) is 2.84. The number of carbonyl (C=O) groups is 2. The summed E-state index contributed by atoms with van der Waals surface area (Å²) in [6.07, 6.45) is 11.2. The molecule has 5 fully saturated rings. The van der Waals surface area contributed by atoms with Gasteiger partial charge < -0.3 is 15.4 Å². The number of nitrogens with zero attached hydrogens (tertiary/aromatic N) is 1. The van der Waals surface area contributed by atoms with E-state index in [4.69, 9.17) is 4.74 Å². The molecule has 186 valence electrons. The number of ether oxygens (including phenoxy) is 1. The molecular weight excluding hydrogens is 426 g/mol. The van der Waals surface area contributed by atoms with Crippen LogP contribution in [0, 0.1) is 23.2 Å². The minimum atomic E-state index is -0.144. The Balaban J connectivity index is 1.13. The Morgan fingerprint density at radius 1 is 1.00 bits per heavy atom. The lowest BCUT2D eigenvalue weighted by Crippen LogP contribution is -2.53. The van der Waals surface area contributed by atoms with Crippen LogP contribution in [0.25, 0.3) is 0 Å². The van der Waals surface area contributed by atoms with E-state index in [1.165, 1.54) is 38.5 Å². The topological polar surface area (TPSA) is 70.7 Å². The lowest BCUT2D eigenvalue weighted by atomic mass is 9.49. The summed E-state index contributed by atoms with van der Waals surface area (Å²) < 4.78 is 5.63. The van der Waals surface area contributed by atoms with Gasteiger partial charge in [0, 0.05) is 30.5 Å². The van der Waals surface area contributed by atoms with Crippen LogP contribution in [0.1, 0.15) is 75.8 Å². The van der Waals surface area contributed by atoms with Gasteiger partial charge in [-0.2, -0.15) is 0 Å². The summed E-state index contributed by atoms with van der Waals surface area (Å²) >= 11 is 0. The molecule has 1 atom stereocenters. The summed E-state index contributed by atoms with van der Waals surface area (Å²) in [4.78, 5) is 28.3. The fraction of sp³-hybridized carbons (Fsp3) is 0.714. The van der Waals surface area contributed by atoms with Crippen LogP contribution in [0.15, 0.2) is 24.3 Å². The Morgan fingerprint density at radius 3 is 2.29 bits per heavy atom. The van der Waals surface area contributed by atoms with Crippen molar-refractivity contribution in [2.24, 2.45) is 23.2 Å². The number of piperidine rings is 1. The normalized spacial score (nSPS) is 31.1. The largest absolute Gasteiger partial charge is 0.496 e. The molecule has 6 rings (SSSR count). The minimum absolute atomic E-state index is 0.00252. The van der Waals surface area contributed by atoms with E-state index in [1.807, 2.05) is 18.2 Å². The molecule has 0 aromatic heterocycles. The molecule has 4 bridgehead atoms. The molecule has 4 saturated carbocycles. The Morgan fingerprint density at radius 2 is 1.65 bits per heavy atom. The molecule has 6 nitrogen and oxygen atoms in total. The quantitative estimate of drug-likeness (QED) is 0.575. The molecule has 5 aliphatic rings. The van der Waals surface area contributed by atoms with E-state index in [0.717, 1.165) is 61.4 Å². The summed E-state index contributed by atoms with van der Waals surface area (Å²) in [5.41, 5.74) is 0.983. The second-order valence-electron chi connectivity index (χ2n) is 11.4. The van der Waals surface area contributed by atoms with Gasteiger partial charge in [-0.1, -0.05) is 24.6 Å². The van der Waals surface area contributed by atoms with Gasteiger partial charge in [-0.25, -0.2) is 0 Å². The number of hydrogen-bond donors (Lipinski definition) is 2. The molecule has 1 heterocycles. The molecule has 1 saturated heterocycles. The smallest absolute Gasteiger partial charge is 0.226 e. The summed E-state index contributed by atoms with van der Waals surface area (Å²) in [6, 6.07) is 8.23. The molecule has 2 amide bonds. The van der Waals surface area contributed by atoms with Crippen LogP contribution >= 0.6 is 0 Å². The predicted octanol–water partition coefficient (Wildman–Crippen LogP) is 4.06. The number of para-hydroxylation sites is 1. The van der Waals surface area contributed by atoms with Crippen molar-refractivity contribution in [3.8, 4) is 5.75 Å². The van der Waals surface area contributed by atoms with Gasteiger partial charge in [-0.05, 0) is 88.3 Å². The number of benzene rings is 1. The van der Waals surface area contributed by atoms with E-state index in [2.05, 4.69) is 21.6 Å². The van der Waals surface area contributed by atoms with Crippen molar-refractivity contribution in [1.82, 2.24) is 15.5 Å². The number of methoxy groups -OCH3 is 1. The van der Waals surface area contributed by atoms with Crippen LogP contribution in [0.5, 0.6) is 5.75 Å². The van der Waals surface area contributed by atoms with Gasteiger partial charge in [0.2, 0.25) is 11.8 Å². The van der Waals surface area contributed by atoms with E-state index in [-0.39, 0.29) is 23.3 Å². The van der Waals surface area contributed by atoms with Crippen molar-refractivity contribution in [3.63, 3.8) is 0 Å². The maximum atomic E-state index is 13.1. The van der Waals surface area contributed by atoms with E-state index in [9.17, 15) is 9.59 Å². The monoisotopic (exact) mass is 467 g/mol. The zero-order valence-corrected chi connectivity index (χ0v) is 20.7. The van der Waals surface area contributed by atoms with Crippen molar-refractivity contribution in [3.05, 3.63) is 29.8 Å². The van der Waals surface area contributed by atoms with Gasteiger partial charge in [0.25, 0.3) is 0 Å². The summed E-state index contributed by atoms with van der Waals surface area (Å²) in [5, 5.41) is 6.29. The predicted molar refractivity (Wildman–Crippen MR) is 132 cm³/mol. The second-order valence-corrected chi connectivity index (χ2v) is 11.4. The Hall–Kier alpha value is -2.08. The molecule has 2 N–H and O–H groups in total. The zero-order chi connectivity index (χ0) is 23.5. The highest BCUT2D eigenvalue weighted by molar-refractivity contribution is 5.84. The average molecular weight is 468 g/mol. The van der Waals surface area contributed by atoms with Gasteiger partial charge in [0.05, 0.1) is 13.2 Å². The van der Waals surface area contributed by atoms with Crippen LogP contribution in [-0.2, 0) is 9.59 Å². The van der Waals surface area contributed by atoms with Crippen LogP contribution < -0.4 is 15.4 Å². The molecule has 4 aliphatic carbocycles. The minimum Gasteiger partial charge on any atom is -0.496 e. The van der Waals surface area contributed by atoms with Crippen molar-refractivity contribution >= 4 is 11.8 Å². The lowest BCUT2D eigenvalue weighted by molar-refractivity contribution is -0.146. The van der Waals surface area contributed by atoms with Crippen LogP contribution in [0.2, 0.25) is 0 Å². The maximum absolute atomic E-state index is 13.1. The summed E-state index contributed by atoms with van der Waals surface area (Å²) in [5.74, 6) is 3.34. The van der Waals surface area contributed by atoms with Crippen LogP contribution in [0.3, 0.4) is 0 Å². The van der Waals surface area contributed by atoms with Crippen molar-refractivity contribution < 1.29 is 14.3 Å². The summed E-state index contributed by atoms with van der Waals surface area (Å²) in [6.45, 7) is 3.07. The lowest BCUT2D eigenvalue weighted by Gasteiger charge is -2.55. The third-order valence-electron chi connectivity index (χ3n) is 8.98. The highest BCUT2D eigenvalue weighted by Crippen LogP contribution is 2.60. The summed E-state index contributed by atoms with van der Waals surface area (Å²) in [7, 11) is 1.71. The highest BCUT2D eigenvalue weighted by atomic mass is 16.5. The first kappa shape index (κ1) is 23.7. The van der Waals surface area contributed by atoms with Crippen molar-refractivity contribution in [2.75, 3.05) is 33.3 Å². The molecule has 34 heavy (non-hydrogen) atoms. The van der Waals surface area contributed by atoms with E-state index >= 15 is 0 Å². The number of hydrogen-bond acceptors (Lipinski definition) is 4. The fourth-order valence-corrected chi connectivity index (χ4v) is 7.77. The maximum Gasteiger partial charge on any atom is 0.226 e. The molecule has 1 unspecified atom stereocenters. The molecular formula is C28H41N3O3. The van der Waals surface area contributed by atoms with Crippen LogP contribution in [0.4, 0.5) is 0 Å². The molecule has 0 radical (unpaired) electrons. The van der Waals surface area contributed by atoms with Gasteiger partial charge in [0.15, 0.2) is 0 Å². The molecule has 1 aromatic rings. The molecule has 0 spiro atoms. The van der Waals surface area contributed by atoms with Crippen LogP contribution in [-0.4, -0.2) is 50.0 Å². The van der Waals surface area contributed by atoms with Gasteiger partial charge in [-0.3, -0.25) is 14.5 Å². The van der Waals surface area contributed by atoms with Gasteiger partial charge in [0.1, 0.15) is 5.75 Å². The molecule has 6 heteroatoms. The zero-order valence-electron chi connectivity index (χ0n) is 20.7. The van der Waals surface area contributed by atoms with Crippen molar-refractivity contribution in [2.45, 2.75) is 70.3 Å². The Bertz CT molecular complexity index is 844. The standard InChI is InChI=1S/C28H41N3O3/c1-34-25-8-4-3-7-23(25)24(31-11-5-2-6-12-31)19-30-26(32)9-10-29-27(33)28-16-20-13-21(17-28)15-22(14-20)18-28/h3-4,7-8,20-22,24H,2,5-6,9-19H2,1H3,(H,29,33)(H,30,32). The second kappa shape index (κ2) is 10.3. The molecule has 1 aromatic carbocycles. The number of amides is 2. The highest BCUT2D eigenvalue weighted by Gasteiger charge is 2.54. The SMILES string of the molecule is COc1ccccc1C(CNC(=O)CCNC(=O)C12CC3CC(CC(C3)C1)C2)N1CCCCC1. The first-order valence-electron chi connectivity index (χ1n) is 13.5. The van der Waals surface area contributed by atoms with E-state index in [0.29, 0.717) is 19.5 Å². The number of carbonyl (C=O) groups excluding carboxylic acids is 2. The van der Waals surface area contributed by atoms with Crippen molar-refractivity contribution in [1.29, 1.82) is 0 Å². The Kier molecular flexibility index (Phi) is 7.14. The first-order valence-corrected chi connectivity index (χ1v) is 13.5. The first-order chi connectivity index (χ1) is 16.6. The van der Waals surface area contributed by atoms with E-state index < -0.39 is 0 Å². The van der Waals surface area contributed by atoms with Gasteiger partial charge in [-0.15, -0.1) is 0 Å².